The molecule has 1 rings (SSSR count). The number of aliphatic imine (C=N–C) groups is 1. The summed E-state index contributed by atoms with van der Waals surface area (Å²) in [5.74, 6) is 1.35. The van der Waals surface area contributed by atoms with E-state index in [2.05, 4.69) is 4.99 Å². The molecule has 0 unspecified atom stereocenters. The highest BCUT2D eigenvalue weighted by Gasteiger charge is 2.08. The molecule has 1 aromatic carbocycles. The zero-order chi connectivity index (χ0) is 14.8. The van der Waals surface area contributed by atoms with Crippen LogP contribution in [0.15, 0.2) is 23.2 Å². The Labute approximate surface area is 120 Å². The van der Waals surface area contributed by atoms with Crippen LogP contribution >= 0.6 is 0 Å². The molecule has 0 atom stereocenters. The molecule has 0 radical (unpaired) electrons. The third-order valence-corrected chi connectivity index (χ3v) is 2.62. The van der Waals surface area contributed by atoms with E-state index in [-0.39, 0.29) is 6.29 Å². The molecule has 112 valence electrons. The highest BCUT2D eigenvalue weighted by Crippen LogP contribution is 2.29. The minimum Gasteiger partial charge on any atom is -0.493 e. The Morgan fingerprint density at radius 1 is 1.10 bits per heavy atom. The predicted molar refractivity (Wildman–Crippen MR) is 79.0 cm³/mol. The van der Waals surface area contributed by atoms with Crippen LogP contribution in [0.3, 0.4) is 0 Å². The van der Waals surface area contributed by atoms with E-state index in [0.717, 1.165) is 5.56 Å². The maximum atomic E-state index is 5.43. The third-order valence-electron chi connectivity index (χ3n) is 2.62. The van der Waals surface area contributed by atoms with Crippen molar-refractivity contribution in [3.63, 3.8) is 0 Å². The summed E-state index contributed by atoms with van der Waals surface area (Å²) in [6.45, 7) is 5.51. The molecule has 5 nitrogen and oxygen atoms in total. The summed E-state index contributed by atoms with van der Waals surface area (Å²) in [4.78, 5) is 4.35. The Bertz CT molecular complexity index is 414. The van der Waals surface area contributed by atoms with E-state index in [4.69, 9.17) is 18.9 Å². The van der Waals surface area contributed by atoms with Gasteiger partial charge < -0.3 is 18.9 Å². The Morgan fingerprint density at radius 3 is 2.35 bits per heavy atom. The molecule has 0 amide bonds. The molecule has 0 aliphatic rings. The van der Waals surface area contributed by atoms with Crippen molar-refractivity contribution in [2.45, 2.75) is 20.1 Å². The van der Waals surface area contributed by atoms with Crippen molar-refractivity contribution >= 4 is 6.21 Å². The lowest BCUT2D eigenvalue weighted by Crippen LogP contribution is -2.20. The second-order valence-corrected chi connectivity index (χ2v) is 3.92. The number of para-hydroxylation sites is 1. The van der Waals surface area contributed by atoms with Gasteiger partial charge in [-0.3, -0.25) is 4.99 Å². The maximum absolute atomic E-state index is 5.43. The Hall–Kier alpha value is -1.59. The number of hydrogen-bond donors (Lipinski definition) is 0. The second-order valence-electron chi connectivity index (χ2n) is 3.92. The van der Waals surface area contributed by atoms with Gasteiger partial charge in [0.15, 0.2) is 17.8 Å². The third kappa shape index (κ3) is 4.83. The first kappa shape index (κ1) is 16.5. The lowest BCUT2D eigenvalue weighted by molar-refractivity contribution is -0.128. The van der Waals surface area contributed by atoms with Gasteiger partial charge in [-0.1, -0.05) is 6.07 Å². The molecule has 20 heavy (non-hydrogen) atoms. The van der Waals surface area contributed by atoms with Crippen LogP contribution in [-0.4, -0.2) is 46.5 Å². The smallest absolute Gasteiger partial charge is 0.176 e. The van der Waals surface area contributed by atoms with E-state index in [9.17, 15) is 0 Å². The average Bonchev–Trinajstić information content (AvgIpc) is 2.47. The predicted octanol–water partition coefficient (Wildman–Crippen LogP) is 2.52. The normalized spacial score (nSPS) is 11.2. The highest BCUT2D eigenvalue weighted by atomic mass is 16.7. The van der Waals surface area contributed by atoms with Gasteiger partial charge in [-0.2, -0.15) is 0 Å². The number of ether oxygens (including phenoxy) is 4. The molecule has 0 bridgehead atoms. The van der Waals surface area contributed by atoms with Gasteiger partial charge >= 0.3 is 0 Å². The SMILES string of the molecule is CCOC(CN=Cc1cccc(OC)c1OC)OCC. The van der Waals surface area contributed by atoms with Crippen LogP contribution in [0.2, 0.25) is 0 Å². The maximum Gasteiger partial charge on any atom is 0.176 e. The minimum absolute atomic E-state index is 0.308. The van der Waals surface area contributed by atoms with E-state index in [1.54, 1.807) is 20.4 Å². The van der Waals surface area contributed by atoms with Crippen molar-refractivity contribution in [3.05, 3.63) is 23.8 Å². The first-order valence-corrected chi connectivity index (χ1v) is 6.70. The van der Waals surface area contributed by atoms with Gasteiger partial charge in [0.25, 0.3) is 0 Å². The van der Waals surface area contributed by atoms with Gasteiger partial charge in [-0.05, 0) is 26.0 Å². The molecular formula is C15H23NO4. The van der Waals surface area contributed by atoms with Crippen LogP contribution < -0.4 is 9.47 Å². The summed E-state index contributed by atoms with van der Waals surface area (Å²) in [5.41, 5.74) is 0.860. The zero-order valence-corrected chi connectivity index (χ0v) is 12.6. The molecular weight excluding hydrogens is 258 g/mol. The topological polar surface area (TPSA) is 49.3 Å². The van der Waals surface area contributed by atoms with Crippen LogP contribution in [0.25, 0.3) is 0 Å². The molecule has 0 saturated carbocycles. The average molecular weight is 281 g/mol. The molecule has 0 aliphatic carbocycles. The lowest BCUT2D eigenvalue weighted by Gasteiger charge is -2.14. The van der Waals surface area contributed by atoms with Crippen LogP contribution in [-0.2, 0) is 9.47 Å². The van der Waals surface area contributed by atoms with Gasteiger partial charge in [0.1, 0.15) is 0 Å². The van der Waals surface area contributed by atoms with Crippen molar-refractivity contribution in [2.75, 3.05) is 34.0 Å². The van der Waals surface area contributed by atoms with E-state index < -0.39 is 0 Å². The van der Waals surface area contributed by atoms with E-state index in [1.165, 1.54) is 0 Å². The quantitative estimate of drug-likeness (QED) is 0.515. The van der Waals surface area contributed by atoms with Crippen LogP contribution in [0.4, 0.5) is 0 Å². The summed E-state index contributed by atoms with van der Waals surface area (Å²) in [6.07, 6.45) is 1.43. The van der Waals surface area contributed by atoms with Crippen molar-refractivity contribution in [1.82, 2.24) is 0 Å². The van der Waals surface area contributed by atoms with Gasteiger partial charge in [0.2, 0.25) is 0 Å². The van der Waals surface area contributed by atoms with Gasteiger partial charge in [0.05, 0.1) is 20.8 Å². The number of methoxy groups -OCH3 is 2. The summed E-state index contributed by atoms with van der Waals surface area (Å²) in [7, 11) is 3.22. The summed E-state index contributed by atoms with van der Waals surface area (Å²) >= 11 is 0. The molecule has 0 heterocycles. The number of nitrogens with zero attached hydrogens (tertiary/aromatic N) is 1. The van der Waals surface area contributed by atoms with Crippen molar-refractivity contribution in [1.29, 1.82) is 0 Å². The summed E-state index contributed by atoms with van der Waals surface area (Å²) in [6, 6.07) is 5.66. The Morgan fingerprint density at radius 2 is 1.80 bits per heavy atom. The van der Waals surface area contributed by atoms with Crippen LogP contribution in [0.1, 0.15) is 19.4 Å². The lowest BCUT2D eigenvalue weighted by atomic mass is 10.2. The van der Waals surface area contributed by atoms with Gasteiger partial charge in [-0.25, -0.2) is 0 Å². The van der Waals surface area contributed by atoms with Crippen molar-refractivity contribution < 1.29 is 18.9 Å². The second kappa shape index (κ2) is 9.34. The molecule has 0 fully saturated rings. The van der Waals surface area contributed by atoms with Crippen molar-refractivity contribution in [3.8, 4) is 11.5 Å². The molecule has 1 aromatic rings. The fourth-order valence-corrected chi connectivity index (χ4v) is 1.78. The largest absolute Gasteiger partial charge is 0.493 e. The highest BCUT2D eigenvalue weighted by molar-refractivity contribution is 5.85. The minimum atomic E-state index is -0.308. The van der Waals surface area contributed by atoms with E-state index in [0.29, 0.717) is 31.3 Å². The molecule has 0 saturated heterocycles. The summed E-state index contributed by atoms with van der Waals surface area (Å²) < 4.78 is 21.4. The summed E-state index contributed by atoms with van der Waals surface area (Å²) in [5, 5.41) is 0. The monoisotopic (exact) mass is 281 g/mol. The standard InChI is InChI=1S/C15H23NO4/c1-5-19-14(20-6-2)11-16-10-12-8-7-9-13(17-3)15(12)18-4/h7-10,14H,5-6,11H2,1-4H3. The molecule has 0 aliphatic heterocycles. The van der Waals surface area contributed by atoms with E-state index >= 15 is 0 Å². The fraction of sp³-hybridized carbons (Fsp3) is 0.533. The van der Waals surface area contributed by atoms with Crippen LogP contribution in [0, 0.1) is 0 Å². The van der Waals surface area contributed by atoms with E-state index in [1.807, 2.05) is 32.0 Å². The Kier molecular flexibility index (Phi) is 7.69. The van der Waals surface area contributed by atoms with Crippen molar-refractivity contribution in [2.24, 2.45) is 4.99 Å². The number of benzene rings is 1. The molecule has 5 heteroatoms. The molecule has 0 aromatic heterocycles. The van der Waals surface area contributed by atoms with Gasteiger partial charge in [-0.15, -0.1) is 0 Å². The fourth-order valence-electron chi connectivity index (χ4n) is 1.78. The Balaban J connectivity index is 2.74. The first-order chi connectivity index (χ1) is 9.76. The first-order valence-electron chi connectivity index (χ1n) is 6.70. The number of rotatable bonds is 9. The van der Waals surface area contributed by atoms with Gasteiger partial charge in [0, 0.05) is 25.0 Å². The number of hydrogen-bond acceptors (Lipinski definition) is 5. The molecule has 0 N–H and O–H groups in total. The zero-order valence-electron chi connectivity index (χ0n) is 12.6. The van der Waals surface area contributed by atoms with Crippen LogP contribution in [0.5, 0.6) is 11.5 Å². The molecule has 0 spiro atoms.